The Morgan fingerprint density at radius 3 is 2.56 bits per heavy atom. The second-order valence-corrected chi connectivity index (χ2v) is 5.22. The van der Waals surface area contributed by atoms with Gasteiger partial charge in [0.05, 0.1) is 26.4 Å². The highest BCUT2D eigenvalue weighted by atomic mass is 16.5. The van der Waals surface area contributed by atoms with Gasteiger partial charge in [-0.1, -0.05) is 5.16 Å². The van der Waals surface area contributed by atoms with Crippen molar-refractivity contribution in [2.75, 3.05) is 39.8 Å². The van der Waals surface area contributed by atoms with E-state index in [1.54, 1.807) is 32.2 Å². The van der Waals surface area contributed by atoms with Gasteiger partial charge >= 0.3 is 11.6 Å². The smallest absolute Gasteiger partial charge is 0.400 e. The van der Waals surface area contributed by atoms with Crippen LogP contribution in [-0.4, -0.2) is 46.0 Å². The fourth-order valence-electron chi connectivity index (χ4n) is 2.36. The van der Waals surface area contributed by atoms with Crippen LogP contribution >= 0.6 is 0 Å². The molecule has 8 nitrogen and oxygen atoms in total. The van der Waals surface area contributed by atoms with Crippen LogP contribution in [0.4, 0.5) is 5.69 Å². The van der Waals surface area contributed by atoms with Crippen LogP contribution in [0.5, 0.6) is 11.5 Å². The SMILES string of the molecule is CCOc1c(-c2ccc(OC)cc2N(C)C)c(C(=O)OC)noc1=O. The number of methoxy groups -OCH3 is 2. The van der Waals surface area contributed by atoms with Gasteiger partial charge in [-0.2, -0.15) is 0 Å². The molecule has 134 valence electrons. The molecule has 0 N–H and O–H groups in total. The van der Waals surface area contributed by atoms with Crippen molar-refractivity contribution in [1.82, 2.24) is 5.16 Å². The van der Waals surface area contributed by atoms with E-state index in [2.05, 4.69) is 5.16 Å². The van der Waals surface area contributed by atoms with Crippen LogP contribution in [-0.2, 0) is 4.74 Å². The Balaban J connectivity index is 2.87. The average Bonchev–Trinajstić information content (AvgIpc) is 2.62. The Hall–Kier alpha value is -3.03. The predicted octanol–water partition coefficient (Wildman–Crippen LogP) is 1.96. The summed E-state index contributed by atoms with van der Waals surface area (Å²) in [6.07, 6.45) is 0. The molecule has 2 rings (SSSR count). The quantitative estimate of drug-likeness (QED) is 0.732. The van der Waals surface area contributed by atoms with Crippen molar-refractivity contribution >= 4 is 11.7 Å². The Kier molecular flexibility index (Phi) is 5.63. The van der Waals surface area contributed by atoms with Gasteiger partial charge in [0.25, 0.3) is 0 Å². The van der Waals surface area contributed by atoms with Crippen LogP contribution in [0.1, 0.15) is 17.4 Å². The van der Waals surface area contributed by atoms with E-state index >= 15 is 0 Å². The maximum atomic E-state index is 12.1. The van der Waals surface area contributed by atoms with E-state index in [0.717, 1.165) is 0 Å². The van der Waals surface area contributed by atoms with Gasteiger partial charge in [0.2, 0.25) is 5.75 Å². The number of anilines is 1. The lowest BCUT2D eigenvalue weighted by Crippen LogP contribution is -2.17. The Labute approximate surface area is 144 Å². The minimum absolute atomic E-state index is 0.0915. The lowest BCUT2D eigenvalue weighted by molar-refractivity contribution is 0.0583. The molecule has 1 heterocycles. The first-order valence-electron chi connectivity index (χ1n) is 7.55. The molecule has 0 saturated heterocycles. The second kappa shape index (κ2) is 7.69. The predicted molar refractivity (Wildman–Crippen MR) is 91.6 cm³/mol. The fraction of sp³-hybridized carbons (Fsp3) is 0.353. The standard InChI is InChI=1S/C17H20N2O6/c1-6-24-15-13(14(16(20)23-5)18-25-17(15)21)11-8-7-10(22-4)9-12(11)19(2)3/h7-9H,6H2,1-5H3. The number of nitrogens with zero attached hydrogens (tertiary/aromatic N) is 2. The van der Waals surface area contributed by atoms with Crippen LogP contribution in [0.15, 0.2) is 27.5 Å². The number of hydrogen-bond acceptors (Lipinski definition) is 8. The van der Waals surface area contributed by atoms with Crippen LogP contribution in [0, 0.1) is 0 Å². The van der Waals surface area contributed by atoms with Gasteiger partial charge in [-0.25, -0.2) is 9.59 Å². The number of esters is 1. The van der Waals surface area contributed by atoms with E-state index in [9.17, 15) is 9.59 Å². The van der Waals surface area contributed by atoms with E-state index in [1.165, 1.54) is 7.11 Å². The number of carbonyl (C=O) groups is 1. The van der Waals surface area contributed by atoms with Crippen molar-refractivity contribution in [2.24, 2.45) is 0 Å². The van der Waals surface area contributed by atoms with Gasteiger partial charge < -0.3 is 23.6 Å². The van der Waals surface area contributed by atoms with Crippen molar-refractivity contribution in [3.05, 3.63) is 34.3 Å². The van der Waals surface area contributed by atoms with Crippen LogP contribution in [0.25, 0.3) is 11.1 Å². The van der Waals surface area contributed by atoms with Gasteiger partial charge in [-0.05, 0) is 19.1 Å². The van der Waals surface area contributed by atoms with E-state index in [-0.39, 0.29) is 23.6 Å². The van der Waals surface area contributed by atoms with Crippen molar-refractivity contribution in [1.29, 1.82) is 0 Å². The highest BCUT2D eigenvalue weighted by molar-refractivity contribution is 5.99. The summed E-state index contributed by atoms with van der Waals surface area (Å²) in [4.78, 5) is 26.1. The van der Waals surface area contributed by atoms with Crippen molar-refractivity contribution in [3.8, 4) is 22.6 Å². The normalized spacial score (nSPS) is 10.3. The molecule has 0 radical (unpaired) electrons. The highest BCUT2D eigenvalue weighted by Gasteiger charge is 2.27. The largest absolute Gasteiger partial charge is 0.497 e. The number of rotatable bonds is 6. The summed E-state index contributed by atoms with van der Waals surface area (Å²) in [7, 11) is 6.43. The van der Waals surface area contributed by atoms with Gasteiger partial charge in [-0.15, -0.1) is 0 Å². The van der Waals surface area contributed by atoms with E-state index < -0.39 is 11.6 Å². The molecular formula is C17H20N2O6. The van der Waals surface area contributed by atoms with Gasteiger partial charge in [0, 0.05) is 31.4 Å². The summed E-state index contributed by atoms with van der Waals surface area (Å²) >= 11 is 0. The summed E-state index contributed by atoms with van der Waals surface area (Å²) in [6.45, 7) is 1.94. The van der Waals surface area contributed by atoms with Crippen molar-refractivity contribution < 1.29 is 23.5 Å². The molecule has 0 aliphatic heterocycles. The first kappa shape index (κ1) is 18.3. The molecule has 2 aromatic rings. The van der Waals surface area contributed by atoms with Gasteiger partial charge in [0.15, 0.2) is 5.69 Å². The minimum atomic E-state index is -0.773. The van der Waals surface area contributed by atoms with E-state index in [1.807, 2.05) is 19.0 Å². The third-order valence-electron chi connectivity index (χ3n) is 3.49. The highest BCUT2D eigenvalue weighted by Crippen LogP contribution is 2.38. The van der Waals surface area contributed by atoms with Crippen LogP contribution in [0.3, 0.4) is 0 Å². The molecule has 0 unspecified atom stereocenters. The lowest BCUT2D eigenvalue weighted by Gasteiger charge is -2.20. The number of carbonyl (C=O) groups excluding carboxylic acids is 1. The first-order valence-corrected chi connectivity index (χ1v) is 7.55. The Morgan fingerprint density at radius 2 is 2.00 bits per heavy atom. The molecule has 0 aliphatic rings. The second-order valence-electron chi connectivity index (χ2n) is 5.22. The topological polar surface area (TPSA) is 91.1 Å². The summed E-state index contributed by atoms with van der Waals surface area (Å²) in [5, 5.41) is 3.62. The molecule has 1 aromatic heterocycles. The van der Waals surface area contributed by atoms with Crippen molar-refractivity contribution in [3.63, 3.8) is 0 Å². The third kappa shape index (κ3) is 3.57. The number of aromatic nitrogens is 1. The monoisotopic (exact) mass is 348 g/mol. The van der Waals surface area contributed by atoms with E-state index in [0.29, 0.717) is 17.0 Å². The molecule has 1 aromatic carbocycles. The zero-order chi connectivity index (χ0) is 18.6. The average molecular weight is 348 g/mol. The summed E-state index contributed by atoms with van der Waals surface area (Å²) in [5.74, 6) is -0.202. The molecule has 0 bridgehead atoms. The first-order chi connectivity index (χ1) is 11.9. The maximum absolute atomic E-state index is 12.1. The molecule has 0 fully saturated rings. The molecule has 25 heavy (non-hydrogen) atoms. The zero-order valence-corrected chi connectivity index (χ0v) is 14.8. The number of benzene rings is 1. The molecule has 0 amide bonds. The van der Waals surface area contributed by atoms with Gasteiger partial charge in [-0.3, -0.25) is 0 Å². The summed E-state index contributed by atoms with van der Waals surface area (Å²) in [5.41, 5.74) is 0.577. The van der Waals surface area contributed by atoms with Gasteiger partial charge in [0.1, 0.15) is 5.75 Å². The summed E-state index contributed by atoms with van der Waals surface area (Å²) < 4.78 is 20.2. The van der Waals surface area contributed by atoms with Crippen molar-refractivity contribution in [2.45, 2.75) is 6.92 Å². The van der Waals surface area contributed by atoms with Crippen LogP contribution in [0.2, 0.25) is 0 Å². The number of hydrogen-bond donors (Lipinski definition) is 0. The Bertz CT molecular complexity index is 828. The maximum Gasteiger partial charge on any atom is 0.400 e. The lowest BCUT2D eigenvalue weighted by atomic mass is 10.0. The molecule has 0 saturated carbocycles. The zero-order valence-electron chi connectivity index (χ0n) is 14.8. The molecular weight excluding hydrogens is 328 g/mol. The Morgan fingerprint density at radius 1 is 1.28 bits per heavy atom. The molecule has 8 heteroatoms. The molecule has 0 atom stereocenters. The third-order valence-corrected chi connectivity index (χ3v) is 3.49. The molecule has 0 spiro atoms. The minimum Gasteiger partial charge on any atom is -0.497 e. The van der Waals surface area contributed by atoms with E-state index in [4.69, 9.17) is 18.7 Å². The van der Waals surface area contributed by atoms with Crippen LogP contribution < -0.4 is 20.0 Å². The molecule has 0 aliphatic carbocycles. The summed E-state index contributed by atoms with van der Waals surface area (Å²) in [6, 6.07) is 5.22. The fourth-order valence-corrected chi connectivity index (χ4v) is 2.36. The number of ether oxygens (including phenoxy) is 3.